The zero-order chi connectivity index (χ0) is 19.2. The summed E-state index contributed by atoms with van der Waals surface area (Å²) in [6, 6.07) is -0.723. The van der Waals surface area contributed by atoms with Crippen molar-refractivity contribution in [2.24, 2.45) is 5.14 Å². The summed E-state index contributed by atoms with van der Waals surface area (Å²) in [5, 5.41) is 9.86. The van der Waals surface area contributed by atoms with Gasteiger partial charge in [0.25, 0.3) is 0 Å². The largest absolute Gasteiger partial charge is 0.355 e. The van der Waals surface area contributed by atoms with Gasteiger partial charge in [0.15, 0.2) is 10.2 Å². The second kappa shape index (κ2) is 14.2. The van der Waals surface area contributed by atoms with E-state index in [9.17, 15) is 24.0 Å². The van der Waals surface area contributed by atoms with E-state index < -0.39 is 11.9 Å². The van der Waals surface area contributed by atoms with Crippen LogP contribution >= 0.6 is 35.5 Å². The Kier molecular flexibility index (Phi) is 13.6. The number of thioether (sulfide) groups is 2. The molecule has 0 aliphatic carbocycles. The molecule has 0 radical (unpaired) electrons. The minimum absolute atomic E-state index is 0.0434. The molecule has 142 valence electrons. The lowest BCUT2D eigenvalue weighted by atomic mass is 10.1. The molecular weight excluding hydrogens is 386 g/mol. The zero-order valence-electron chi connectivity index (χ0n) is 14.2. The number of amides is 2. The van der Waals surface area contributed by atoms with Crippen molar-refractivity contribution in [1.82, 2.24) is 10.6 Å². The number of hydrogen-bond donors (Lipinski definition) is 3. The van der Waals surface area contributed by atoms with Gasteiger partial charge in [-0.15, -0.1) is 0 Å². The molecule has 1 atom stereocenters. The minimum Gasteiger partial charge on any atom is -0.355 e. The summed E-state index contributed by atoms with van der Waals surface area (Å²) in [5.41, 5.74) is 0. The highest BCUT2D eigenvalue weighted by molar-refractivity contribution is 8.14. The summed E-state index contributed by atoms with van der Waals surface area (Å²) >= 11 is 2.36. The zero-order valence-corrected chi connectivity index (χ0v) is 16.6. The molecule has 0 heterocycles. The van der Waals surface area contributed by atoms with Crippen LogP contribution in [0.15, 0.2) is 0 Å². The number of nitrogens with two attached hydrogens (primary N) is 1. The Balaban J connectivity index is 4.09. The van der Waals surface area contributed by atoms with Gasteiger partial charge in [0.05, 0.1) is 17.5 Å². The SMILES string of the molecule is CC(=O)SCC(=O)NCCCC[C@H](NC(=O)CSC(C)=O)C(=O)SN. The number of nitrogens with one attached hydrogen (secondary N) is 2. The number of rotatable bonds is 11. The molecule has 0 aliphatic rings. The third-order valence-corrected chi connectivity index (χ3v) is 4.93. The van der Waals surface area contributed by atoms with Crippen LogP contribution < -0.4 is 15.8 Å². The van der Waals surface area contributed by atoms with Gasteiger partial charge in [-0.25, -0.2) is 0 Å². The van der Waals surface area contributed by atoms with Crippen molar-refractivity contribution in [3.8, 4) is 0 Å². The van der Waals surface area contributed by atoms with Gasteiger partial charge in [-0.05, 0) is 31.2 Å². The second-order valence-electron chi connectivity index (χ2n) is 4.96. The fraction of sp³-hybridized carbons (Fsp3) is 0.643. The monoisotopic (exact) mass is 409 g/mol. The maximum Gasteiger partial charge on any atom is 0.231 e. The lowest BCUT2D eigenvalue weighted by Crippen LogP contribution is -2.41. The smallest absolute Gasteiger partial charge is 0.231 e. The standard InChI is InChI=1S/C14H23N3O5S3/c1-9(18)23-7-12(20)16-6-4-3-5-11(14(22)25-15)17-13(21)8-24-10(2)19/h11H,3-8,15H2,1-2H3,(H,16,20)(H,17,21)/t11-/m0/s1. The highest BCUT2D eigenvalue weighted by Gasteiger charge is 2.20. The predicted molar refractivity (Wildman–Crippen MR) is 102 cm³/mol. The molecule has 0 saturated carbocycles. The molecule has 0 rings (SSSR count). The molecule has 25 heavy (non-hydrogen) atoms. The first kappa shape index (κ1) is 24.0. The van der Waals surface area contributed by atoms with Gasteiger partial charge >= 0.3 is 0 Å². The molecule has 0 aromatic rings. The van der Waals surface area contributed by atoms with Crippen LogP contribution in [0.2, 0.25) is 0 Å². The second-order valence-corrected chi connectivity index (χ2v) is 7.91. The van der Waals surface area contributed by atoms with Gasteiger partial charge in [-0.2, -0.15) is 0 Å². The third-order valence-electron chi connectivity index (χ3n) is 2.79. The molecule has 4 N–H and O–H groups in total. The first-order valence-electron chi connectivity index (χ1n) is 7.49. The fourth-order valence-corrected chi connectivity index (χ4v) is 2.85. The summed E-state index contributed by atoms with van der Waals surface area (Å²) in [5.74, 6) is -0.579. The molecule has 0 aromatic carbocycles. The normalized spacial score (nSPS) is 11.5. The summed E-state index contributed by atoms with van der Waals surface area (Å²) < 4.78 is 0. The summed E-state index contributed by atoms with van der Waals surface area (Å²) in [7, 11) is 0. The maximum absolute atomic E-state index is 11.8. The van der Waals surface area contributed by atoms with Crippen LogP contribution in [0.4, 0.5) is 0 Å². The Labute approximate surface area is 159 Å². The Hall–Kier alpha value is -1.04. The van der Waals surface area contributed by atoms with Crippen LogP contribution in [0.1, 0.15) is 33.1 Å². The maximum atomic E-state index is 11.8. The van der Waals surface area contributed by atoms with Crippen LogP contribution in [0, 0.1) is 0 Å². The predicted octanol–water partition coefficient (Wildman–Crippen LogP) is 0.451. The third kappa shape index (κ3) is 13.9. The molecule has 0 fully saturated rings. The van der Waals surface area contributed by atoms with E-state index in [2.05, 4.69) is 10.6 Å². The van der Waals surface area contributed by atoms with Crippen LogP contribution in [0.3, 0.4) is 0 Å². The molecule has 0 spiro atoms. The summed E-state index contributed by atoms with van der Waals surface area (Å²) in [6.07, 6.45) is 1.60. The first-order valence-corrected chi connectivity index (χ1v) is 10.3. The topological polar surface area (TPSA) is 135 Å². The van der Waals surface area contributed by atoms with Crippen molar-refractivity contribution in [3.63, 3.8) is 0 Å². The summed E-state index contributed by atoms with van der Waals surface area (Å²) in [6.45, 7) is 3.18. The van der Waals surface area contributed by atoms with Crippen LogP contribution in [-0.2, 0) is 24.0 Å². The van der Waals surface area contributed by atoms with Crippen LogP contribution in [0.5, 0.6) is 0 Å². The molecule has 8 nitrogen and oxygen atoms in total. The number of carbonyl (C=O) groups is 5. The lowest BCUT2D eigenvalue weighted by molar-refractivity contribution is -0.123. The van der Waals surface area contributed by atoms with Crippen molar-refractivity contribution < 1.29 is 24.0 Å². The van der Waals surface area contributed by atoms with E-state index in [-0.39, 0.29) is 32.8 Å². The van der Waals surface area contributed by atoms with Crippen molar-refractivity contribution in [2.45, 2.75) is 39.2 Å². The average Bonchev–Trinajstić information content (AvgIpc) is 2.55. The number of carbonyl (C=O) groups excluding carboxylic acids is 5. The van der Waals surface area contributed by atoms with Gasteiger partial charge in [0, 0.05) is 20.4 Å². The van der Waals surface area contributed by atoms with Gasteiger partial charge in [0.1, 0.15) is 0 Å². The van der Waals surface area contributed by atoms with Crippen molar-refractivity contribution >= 4 is 62.6 Å². The molecule has 0 bridgehead atoms. The lowest BCUT2D eigenvalue weighted by Gasteiger charge is -2.16. The Bertz CT molecular complexity index is 502. The van der Waals surface area contributed by atoms with Gasteiger partial charge in [-0.1, -0.05) is 23.5 Å². The van der Waals surface area contributed by atoms with Crippen LogP contribution in [-0.4, -0.2) is 51.3 Å². The van der Waals surface area contributed by atoms with Gasteiger partial charge in [-0.3, -0.25) is 29.1 Å². The number of unbranched alkanes of at least 4 members (excludes halogenated alkanes) is 1. The molecule has 0 saturated heterocycles. The van der Waals surface area contributed by atoms with Gasteiger partial charge in [0.2, 0.25) is 16.9 Å². The van der Waals surface area contributed by atoms with E-state index in [1.54, 1.807) is 0 Å². The van der Waals surface area contributed by atoms with Crippen LogP contribution in [0.25, 0.3) is 0 Å². The van der Waals surface area contributed by atoms with E-state index in [1.165, 1.54) is 13.8 Å². The summed E-state index contributed by atoms with van der Waals surface area (Å²) in [4.78, 5) is 56.5. The van der Waals surface area contributed by atoms with Crippen molar-refractivity contribution in [2.75, 3.05) is 18.1 Å². The van der Waals surface area contributed by atoms with Gasteiger partial charge < -0.3 is 10.6 Å². The molecule has 2 amide bonds. The highest BCUT2D eigenvalue weighted by Crippen LogP contribution is 2.08. The van der Waals surface area contributed by atoms with Crippen molar-refractivity contribution in [1.29, 1.82) is 0 Å². The number of hydrogen-bond acceptors (Lipinski definition) is 9. The average molecular weight is 410 g/mol. The van der Waals surface area contributed by atoms with E-state index in [1.807, 2.05) is 0 Å². The molecule has 0 unspecified atom stereocenters. The first-order chi connectivity index (χ1) is 11.8. The molecule has 0 aromatic heterocycles. The Morgan fingerprint density at radius 1 is 0.920 bits per heavy atom. The highest BCUT2D eigenvalue weighted by atomic mass is 32.2. The quantitative estimate of drug-likeness (QED) is 0.328. The molecule has 11 heteroatoms. The molecule has 0 aliphatic heterocycles. The van der Waals surface area contributed by atoms with E-state index in [0.29, 0.717) is 37.8 Å². The van der Waals surface area contributed by atoms with Crippen molar-refractivity contribution in [3.05, 3.63) is 0 Å². The molecular formula is C14H23N3O5S3. The fourth-order valence-electron chi connectivity index (χ4n) is 1.65. The van der Waals surface area contributed by atoms with E-state index in [0.717, 1.165) is 23.5 Å². The minimum atomic E-state index is -0.723. The van der Waals surface area contributed by atoms with E-state index in [4.69, 9.17) is 5.14 Å². The Morgan fingerprint density at radius 2 is 1.48 bits per heavy atom. The Morgan fingerprint density at radius 3 is 2.00 bits per heavy atom. The van der Waals surface area contributed by atoms with E-state index >= 15 is 0 Å².